The van der Waals surface area contributed by atoms with Gasteiger partial charge in [-0.25, -0.2) is 9.18 Å². The number of amides is 2. The number of carbonyl (C=O) groups excluding carboxylic acids is 1. The molecule has 2 aliphatic heterocycles. The number of rotatable bonds is 4. The monoisotopic (exact) mass is 557 g/mol. The highest BCUT2D eigenvalue weighted by atomic mass is 35.5. The molecule has 1 unspecified atom stereocenters. The molecule has 0 bridgehead atoms. The van der Waals surface area contributed by atoms with Gasteiger partial charge in [0.1, 0.15) is 6.67 Å². The highest BCUT2D eigenvalue weighted by Gasteiger charge is 2.60. The summed E-state index contributed by atoms with van der Waals surface area (Å²) in [6.45, 7) is -0.715. The van der Waals surface area contributed by atoms with Crippen LogP contribution in [0.4, 0.5) is 35.5 Å². The third-order valence-corrected chi connectivity index (χ3v) is 7.02. The van der Waals surface area contributed by atoms with Crippen molar-refractivity contribution in [1.29, 1.82) is 0 Å². The van der Waals surface area contributed by atoms with Crippen molar-refractivity contribution < 1.29 is 40.4 Å². The summed E-state index contributed by atoms with van der Waals surface area (Å²) in [6.07, 6.45) is -9.69. The second-order valence-corrected chi connectivity index (χ2v) is 9.28. The molecular weight excluding hydrogens is 542 g/mol. The lowest BCUT2D eigenvalue weighted by Crippen LogP contribution is -2.63. The Morgan fingerprint density at radius 2 is 1.67 bits per heavy atom. The average molecular weight is 558 g/mol. The lowest BCUT2D eigenvalue weighted by molar-refractivity contribution is -0.269. The van der Waals surface area contributed by atoms with E-state index in [0.29, 0.717) is 17.7 Å². The van der Waals surface area contributed by atoms with Crippen molar-refractivity contribution in [1.82, 2.24) is 10.4 Å². The quantitative estimate of drug-likeness (QED) is 0.457. The van der Waals surface area contributed by atoms with Gasteiger partial charge in [-0.15, -0.1) is 0 Å². The minimum absolute atomic E-state index is 0.0400. The van der Waals surface area contributed by atoms with Crippen LogP contribution in [-0.4, -0.2) is 36.9 Å². The van der Waals surface area contributed by atoms with Gasteiger partial charge in [-0.05, 0) is 29.3 Å². The largest absolute Gasteiger partial charge is 0.428 e. The Labute approximate surface area is 209 Å². The Balaban J connectivity index is 1.72. The lowest BCUT2D eigenvalue weighted by Gasteiger charge is -2.48. The first-order valence-corrected chi connectivity index (χ1v) is 10.9. The number of halogens is 9. The minimum atomic E-state index is -5.20. The molecule has 36 heavy (non-hydrogen) atoms. The number of carbonyl (C=O) groups is 1. The number of nitrogens with one attached hydrogen (secondary N) is 1. The molecule has 0 aromatic heterocycles. The minimum Gasteiger partial charge on any atom is -0.351 e. The maximum absolute atomic E-state index is 14.2. The highest BCUT2D eigenvalue weighted by molar-refractivity contribution is 6.42. The molecule has 3 N–H and O–H groups in total. The molecule has 0 saturated carbocycles. The molecule has 14 heteroatoms. The number of nitrogens with two attached hydrogens (primary N) is 1. The van der Waals surface area contributed by atoms with Crippen LogP contribution in [-0.2, 0) is 22.0 Å². The summed E-state index contributed by atoms with van der Waals surface area (Å²) in [5.74, 6) is 0. The van der Waals surface area contributed by atoms with Crippen LogP contribution < -0.4 is 11.2 Å². The van der Waals surface area contributed by atoms with E-state index in [1.165, 1.54) is 29.2 Å². The highest BCUT2D eigenvalue weighted by Crippen LogP contribution is 2.50. The van der Waals surface area contributed by atoms with Gasteiger partial charge in [0.25, 0.3) is 0 Å². The first kappa shape index (κ1) is 26.4. The number of alkyl halides is 7. The maximum atomic E-state index is 14.2. The van der Waals surface area contributed by atoms with E-state index in [4.69, 9.17) is 33.8 Å². The third-order valence-electron chi connectivity index (χ3n) is 6.22. The fourth-order valence-corrected chi connectivity index (χ4v) is 4.62. The molecule has 4 rings (SSSR count). The van der Waals surface area contributed by atoms with Gasteiger partial charge in [-0.3, -0.25) is 10.3 Å². The predicted octanol–water partition coefficient (Wildman–Crippen LogP) is 5.95. The number of urea groups is 1. The summed E-state index contributed by atoms with van der Waals surface area (Å²) in [4.78, 5) is 17.3. The third kappa shape index (κ3) is 4.24. The first-order chi connectivity index (χ1) is 16.6. The summed E-state index contributed by atoms with van der Waals surface area (Å²) in [5.41, 5.74) is 0.992. The van der Waals surface area contributed by atoms with Crippen molar-refractivity contribution in [3.05, 3.63) is 74.8 Å². The van der Waals surface area contributed by atoms with Crippen LogP contribution in [0.1, 0.15) is 22.3 Å². The number of hydrogen-bond donors (Lipinski definition) is 2. The van der Waals surface area contributed by atoms with Gasteiger partial charge in [0.2, 0.25) is 5.60 Å². The van der Waals surface area contributed by atoms with Crippen molar-refractivity contribution in [3.63, 3.8) is 0 Å². The van der Waals surface area contributed by atoms with E-state index in [1.807, 2.05) is 0 Å². The van der Waals surface area contributed by atoms with Crippen LogP contribution in [0.15, 0.2) is 42.5 Å². The molecule has 5 nitrogen and oxygen atoms in total. The van der Waals surface area contributed by atoms with Crippen molar-refractivity contribution in [3.8, 4) is 0 Å². The second-order valence-electron chi connectivity index (χ2n) is 8.50. The standard InChI is InChI=1S/C22H16Cl2F7N3O2/c23-15-6-13(5-14(17(15)24)21(26,27)28)20(22(29,30)31)7-16(33-36-20)11-1-3-12(4-2-11)19(8-25)9-34(10-19)18(32)35/h1-7,33H,8-10H2,(H2,32,35). The van der Waals surface area contributed by atoms with Gasteiger partial charge in [0, 0.05) is 18.7 Å². The first-order valence-electron chi connectivity index (χ1n) is 10.2. The van der Waals surface area contributed by atoms with E-state index in [-0.39, 0.29) is 30.4 Å². The van der Waals surface area contributed by atoms with Crippen molar-refractivity contribution in [2.75, 3.05) is 19.8 Å². The van der Waals surface area contributed by atoms with E-state index in [0.717, 1.165) is 0 Å². The Bertz CT molecular complexity index is 1230. The molecule has 0 radical (unpaired) electrons. The molecule has 0 spiro atoms. The molecule has 2 amide bonds. The SMILES string of the molecule is NC(=O)N1CC(CF)(c2ccc(C3=CC(c4cc(Cl)c(Cl)c(C(F)(F)F)c4)(C(F)(F)F)ON3)cc2)C1. The van der Waals surface area contributed by atoms with Gasteiger partial charge in [0.15, 0.2) is 0 Å². The van der Waals surface area contributed by atoms with Crippen LogP contribution in [0.5, 0.6) is 0 Å². The molecule has 0 aliphatic carbocycles. The van der Waals surface area contributed by atoms with Crippen LogP contribution >= 0.6 is 23.2 Å². The Morgan fingerprint density at radius 1 is 1.06 bits per heavy atom. The molecule has 1 fully saturated rings. The zero-order chi connectivity index (χ0) is 26.7. The average Bonchev–Trinajstić information content (AvgIpc) is 3.21. The van der Waals surface area contributed by atoms with E-state index in [1.54, 1.807) is 0 Å². The number of primary amides is 1. The zero-order valence-electron chi connectivity index (χ0n) is 17.9. The van der Waals surface area contributed by atoms with Crippen LogP contribution in [0.25, 0.3) is 5.70 Å². The topological polar surface area (TPSA) is 67.6 Å². The summed E-state index contributed by atoms with van der Waals surface area (Å²) in [6, 6.07) is 5.93. The summed E-state index contributed by atoms with van der Waals surface area (Å²) in [7, 11) is 0. The molecule has 2 aromatic carbocycles. The van der Waals surface area contributed by atoms with Crippen molar-refractivity contribution >= 4 is 34.9 Å². The summed E-state index contributed by atoms with van der Waals surface area (Å²) in [5, 5.41) is -1.68. The normalized spacial score (nSPS) is 21.6. The molecule has 194 valence electrons. The summed E-state index contributed by atoms with van der Waals surface area (Å²) < 4.78 is 96.6. The molecular formula is C22H16Cl2F7N3O2. The van der Waals surface area contributed by atoms with Crippen molar-refractivity contribution in [2.24, 2.45) is 5.73 Å². The fraction of sp³-hybridized carbons (Fsp3) is 0.318. The molecule has 2 heterocycles. The van der Waals surface area contributed by atoms with E-state index >= 15 is 0 Å². The van der Waals surface area contributed by atoms with Gasteiger partial charge >= 0.3 is 18.4 Å². The number of benzene rings is 2. The smallest absolute Gasteiger partial charge is 0.351 e. The van der Waals surface area contributed by atoms with Gasteiger partial charge in [0.05, 0.1) is 26.7 Å². The van der Waals surface area contributed by atoms with Crippen LogP contribution in [0.3, 0.4) is 0 Å². The Morgan fingerprint density at radius 3 is 2.17 bits per heavy atom. The van der Waals surface area contributed by atoms with Gasteiger partial charge < -0.3 is 10.6 Å². The van der Waals surface area contributed by atoms with Crippen molar-refractivity contribution in [2.45, 2.75) is 23.4 Å². The Hall–Kier alpha value is -2.70. The number of nitrogens with zero attached hydrogens (tertiary/aromatic N) is 1. The fourth-order valence-electron chi connectivity index (χ4n) is 4.18. The van der Waals surface area contributed by atoms with Gasteiger partial charge in [-0.2, -0.15) is 26.3 Å². The maximum Gasteiger partial charge on any atom is 0.428 e. The van der Waals surface area contributed by atoms with Crippen LogP contribution in [0, 0.1) is 0 Å². The van der Waals surface area contributed by atoms with E-state index in [9.17, 15) is 35.5 Å². The predicted molar refractivity (Wildman–Crippen MR) is 117 cm³/mol. The second kappa shape index (κ2) is 8.70. The van der Waals surface area contributed by atoms with E-state index in [2.05, 4.69) is 5.48 Å². The number of hydrogen-bond acceptors (Lipinski definition) is 3. The molecule has 1 saturated heterocycles. The molecule has 2 aromatic rings. The summed E-state index contributed by atoms with van der Waals surface area (Å²) >= 11 is 11.3. The van der Waals surface area contributed by atoms with E-state index < -0.39 is 57.2 Å². The number of hydroxylamine groups is 1. The number of likely N-dealkylation sites (tertiary alicyclic amines) is 1. The molecule has 1 atom stereocenters. The molecule has 2 aliphatic rings. The zero-order valence-corrected chi connectivity index (χ0v) is 19.4. The lowest BCUT2D eigenvalue weighted by atomic mass is 9.74. The van der Waals surface area contributed by atoms with Crippen LogP contribution in [0.2, 0.25) is 10.0 Å². The Kier molecular flexibility index (Phi) is 6.37. The van der Waals surface area contributed by atoms with Gasteiger partial charge in [-0.1, -0.05) is 47.5 Å².